The second-order valence-corrected chi connectivity index (χ2v) is 4.25. The minimum atomic E-state index is -0.0910. The first-order valence-electron chi connectivity index (χ1n) is 5.98. The minimum absolute atomic E-state index is 0.0463. The summed E-state index contributed by atoms with van der Waals surface area (Å²) in [6, 6.07) is 1.85. The lowest BCUT2D eigenvalue weighted by Crippen LogP contribution is -2.33. The highest BCUT2D eigenvalue weighted by molar-refractivity contribution is 5.78. The fourth-order valence-electron chi connectivity index (χ4n) is 1.69. The van der Waals surface area contributed by atoms with Crippen molar-refractivity contribution in [3.05, 3.63) is 36.7 Å². The maximum atomic E-state index is 11.8. The van der Waals surface area contributed by atoms with Crippen LogP contribution >= 0.6 is 0 Å². The molecule has 1 unspecified atom stereocenters. The number of aromatic amines is 1. The molecule has 0 spiro atoms. The van der Waals surface area contributed by atoms with Gasteiger partial charge in [0.15, 0.2) is 0 Å². The summed E-state index contributed by atoms with van der Waals surface area (Å²) in [5, 5.41) is 6.99. The van der Waals surface area contributed by atoms with Crippen LogP contribution in [0.5, 0.6) is 0 Å². The first kappa shape index (κ1) is 12.3. The van der Waals surface area contributed by atoms with Gasteiger partial charge in [0.05, 0.1) is 18.8 Å². The molecule has 2 rings (SSSR count). The Kier molecular flexibility index (Phi) is 4.11. The van der Waals surface area contributed by atoms with Crippen LogP contribution in [0.15, 0.2) is 31.0 Å². The molecule has 0 aliphatic rings. The van der Waals surface area contributed by atoms with E-state index in [0.29, 0.717) is 13.1 Å². The van der Waals surface area contributed by atoms with Gasteiger partial charge in [0.1, 0.15) is 0 Å². The fraction of sp³-hybridized carbons (Fsp3) is 0.417. The molecule has 1 amide bonds. The van der Waals surface area contributed by atoms with E-state index in [1.807, 2.05) is 19.2 Å². The van der Waals surface area contributed by atoms with Crippen molar-refractivity contribution < 1.29 is 4.79 Å². The fourth-order valence-corrected chi connectivity index (χ4v) is 1.69. The maximum absolute atomic E-state index is 11.8. The molecule has 1 atom stereocenters. The van der Waals surface area contributed by atoms with E-state index in [2.05, 4.69) is 20.4 Å². The first-order chi connectivity index (χ1) is 8.75. The molecule has 6 heteroatoms. The average Bonchev–Trinajstić information content (AvgIpc) is 3.01. The smallest absolute Gasteiger partial charge is 0.224 e. The van der Waals surface area contributed by atoms with Crippen LogP contribution in [0.2, 0.25) is 0 Å². The predicted molar refractivity (Wildman–Crippen MR) is 66.7 cm³/mol. The molecule has 0 bridgehead atoms. The van der Waals surface area contributed by atoms with E-state index in [9.17, 15) is 4.79 Å². The zero-order valence-corrected chi connectivity index (χ0v) is 10.3. The van der Waals surface area contributed by atoms with Gasteiger partial charge < -0.3 is 10.3 Å². The van der Waals surface area contributed by atoms with Crippen molar-refractivity contribution in [1.29, 1.82) is 0 Å². The number of carbonyl (C=O) groups is 1. The van der Waals surface area contributed by atoms with Gasteiger partial charge in [-0.25, -0.2) is 4.98 Å². The third-order valence-corrected chi connectivity index (χ3v) is 2.72. The zero-order chi connectivity index (χ0) is 12.8. The van der Waals surface area contributed by atoms with Crippen LogP contribution in [0.4, 0.5) is 0 Å². The van der Waals surface area contributed by atoms with Gasteiger partial charge in [-0.2, -0.15) is 5.10 Å². The Morgan fingerprint density at radius 1 is 1.61 bits per heavy atom. The molecule has 2 aromatic rings. The highest BCUT2D eigenvalue weighted by Crippen LogP contribution is 2.00. The number of hydrogen-bond donors (Lipinski definition) is 2. The highest BCUT2D eigenvalue weighted by Gasteiger charge is 2.12. The van der Waals surface area contributed by atoms with Crippen LogP contribution in [-0.4, -0.2) is 32.2 Å². The molecule has 2 heterocycles. The Labute approximate surface area is 105 Å². The third kappa shape index (κ3) is 3.44. The Balaban J connectivity index is 1.70. The van der Waals surface area contributed by atoms with Crippen molar-refractivity contribution in [2.45, 2.75) is 19.9 Å². The minimum Gasteiger partial charge on any atom is -0.355 e. The summed E-state index contributed by atoms with van der Waals surface area (Å²) in [6.07, 6.45) is 7.73. The second kappa shape index (κ2) is 6.00. The van der Waals surface area contributed by atoms with Crippen molar-refractivity contribution in [2.24, 2.45) is 5.92 Å². The highest BCUT2D eigenvalue weighted by atomic mass is 16.1. The Bertz CT molecular complexity index is 463. The van der Waals surface area contributed by atoms with Gasteiger partial charge in [0.25, 0.3) is 0 Å². The molecule has 6 nitrogen and oxygen atoms in total. The summed E-state index contributed by atoms with van der Waals surface area (Å²) in [6.45, 7) is 3.11. The van der Waals surface area contributed by atoms with E-state index >= 15 is 0 Å². The van der Waals surface area contributed by atoms with Crippen LogP contribution < -0.4 is 5.32 Å². The Hall–Kier alpha value is -2.11. The van der Waals surface area contributed by atoms with Crippen LogP contribution in [0.1, 0.15) is 12.6 Å². The molecule has 0 aromatic carbocycles. The third-order valence-electron chi connectivity index (χ3n) is 2.72. The van der Waals surface area contributed by atoms with E-state index in [-0.39, 0.29) is 11.8 Å². The average molecular weight is 247 g/mol. The van der Waals surface area contributed by atoms with E-state index in [0.717, 1.165) is 12.1 Å². The summed E-state index contributed by atoms with van der Waals surface area (Å²) in [7, 11) is 0. The SMILES string of the molecule is CC(Cn1cccn1)C(=O)NCCc1cnc[nH]1. The molecule has 0 aliphatic carbocycles. The molecule has 2 aromatic heterocycles. The molecule has 0 radical (unpaired) electrons. The number of H-pyrrole nitrogens is 1. The van der Waals surface area contributed by atoms with Gasteiger partial charge in [0, 0.05) is 37.3 Å². The molecule has 0 saturated heterocycles. The van der Waals surface area contributed by atoms with Crippen LogP contribution in [0.25, 0.3) is 0 Å². The standard InChI is InChI=1S/C12H17N5O/c1-10(8-17-6-2-4-16-17)12(18)14-5-3-11-7-13-9-15-11/h2,4,6-7,9-10H,3,5,8H2,1H3,(H,13,15)(H,14,18). The topological polar surface area (TPSA) is 75.6 Å². The van der Waals surface area contributed by atoms with Crippen molar-refractivity contribution in [3.8, 4) is 0 Å². The maximum Gasteiger partial charge on any atom is 0.224 e. The van der Waals surface area contributed by atoms with Crippen molar-refractivity contribution >= 4 is 5.91 Å². The normalized spacial score (nSPS) is 12.3. The van der Waals surface area contributed by atoms with Gasteiger partial charge >= 0.3 is 0 Å². The van der Waals surface area contributed by atoms with Gasteiger partial charge in [-0.15, -0.1) is 0 Å². The van der Waals surface area contributed by atoms with Gasteiger partial charge in [0.2, 0.25) is 5.91 Å². The number of rotatable bonds is 6. The number of nitrogens with zero attached hydrogens (tertiary/aromatic N) is 3. The lowest BCUT2D eigenvalue weighted by molar-refractivity contribution is -0.124. The summed E-state index contributed by atoms with van der Waals surface area (Å²) < 4.78 is 1.76. The van der Waals surface area contributed by atoms with Gasteiger partial charge in [-0.05, 0) is 6.07 Å². The van der Waals surface area contributed by atoms with Crippen LogP contribution in [-0.2, 0) is 17.8 Å². The summed E-state index contributed by atoms with van der Waals surface area (Å²) in [5.74, 6) is -0.0447. The molecule has 18 heavy (non-hydrogen) atoms. The summed E-state index contributed by atoms with van der Waals surface area (Å²) in [5.41, 5.74) is 1.02. The molecular formula is C12H17N5O. The summed E-state index contributed by atoms with van der Waals surface area (Å²) >= 11 is 0. The zero-order valence-electron chi connectivity index (χ0n) is 10.3. The van der Waals surface area contributed by atoms with Gasteiger partial charge in [-0.3, -0.25) is 9.48 Å². The number of imidazole rings is 1. The number of nitrogens with one attached hydrogen (secondary N) is 2. The Morgan fingerprint density at radius 2 is 2.50 bits per heavy atom. The summed E-state index contributed by atoms with van der Waals surface area (Å²) in [4.78, 5) is 18.7. The lowest BCUT2D eigenvalue weighted by atomic mass is 10.1. The second-order valence-electron chi connectivity index (χ2n) is 4.25. The largest absolute Gasteiger partial charge is 0.355 e. The molecule has 2 N–H and O–H groups in total. The van der Waals surface area contributed by atoms with E-state index < -0.39 is 0 Å². The van der Waals surface area contributed by atoms with Gasteiger partial charge in [-0.1, -0.05) is 6.92 Å². The monoisotopic (exact) mass is 247 g/mol. The number of carbonyl (C=O) groups excluding carboxylic acids is 1. The molecule has 0 saturated carbocycles. The number of aromatic nitrogens is 4. The molecular weight excluding hydrogens is 230 g/mol. The Morgan fingerprint density at radius 3 is 3.17 bits per heavy atom. The molecule has 96 valence electrons. The lowest BCUT2D eigenvalue weighted by Gasteiger charge is -2.11. The van der Waals surface area contributed by atoms with E-state index in [1.54, 1.807) is 23.4 Å². The quantitative estimate of drug-likeness (QED) is 0.785. The number of amides is 1. The molecule has 0 aliphatic heterocycles. The van der Waals surface area contributed by atoms with Crippen molar-refractivity contribution in [3.63, 3.8) is 0 Å². The van der Waals surface area contributed by atoms with Crippen molar-refractivity contribution in [2.75, 3.05) is 6.54 Å². The van der Waals surface area contributed by atoms with Crippen LogP contribution in [0, 0.1) is 5.92 Å². The van der Waals surface area contributed by atoms with E-state index in [1.165, 1.54) is 0 Å². The van der Waals surface area contributed by atoms with Crippen molar-refractivity contribution in [1.82, 2.24) is 25.1 Å². The predicted octanol–water partition coefficient (Wildman–Crippen LogP) is 0.601. The number of hydrogen-bond acceptors (Lipinski definition) is 3. The molecule has 0 fully saturated rings. The van der Waals surface area contributed by atoms with E-state index in [4.69, 9.17) is 0 Å². The first-order valence-corrected chi connectivity index (χ1v) is 5.98. The van der Waals surface area contributed by atoms with Crippen LogP contribution in [0.3, 0.4) is 0 Å².